The summed E-state index contributed by atoms with van der Waals surface area (Å²) in [6.07, 6.45) is 9.76. The number of carbonyl (C=O) groups excluding carboxylic acids is 1. The van der Waals surface area contributed by atoms with Crippen LogP contribution >= 0.6 is 0 Å². The van der Waals surface area contributed by atoms with Crippen LogP contribution in [-0.2, 0) is 0 Å². The molecule has 1 amide bonds. The Labute approximate surface area is 170 Å². The van der Waals surface area contributed by atoms with Gasteiger partial charge in [-0.15, -0.1) is 0 Å². The summed E-state index contributed by atoms with van der Waals surface area (Å²) >= 11 is 0. The van der Waals surface area contributed by atoms with Crippen molar-refractivity contribution in [1.82, 2.24) is 10.3 Å². The molecule has 0 unspecified atom stereocenters. The van der Waals surface area contributed by atoms with Crippen molar-refractivity contribution < 1.29 is 13.6 Å². The Morgan fingerprint density at radius 3 is 2.41 bits per heavy atom. The average molecular weight is 392 g/mol. The first-order chi connectivity index (χ1) is 14.2. The van der Waals surface area contributed by atoms with E-state index >= 15 is 0 Å². The zero-order chi connectivity index (χ0) is 20.1. The van der Waals surface area contributed by atoms with Gasteiger partial charge in [-0.2, -0.15) is 0 Å². The number of oxazole rings is 1. The number of amides is 1. The number of rotatable bonds is 4. The van der Waals surface area contributed by atoms with Crippen molar-refractivity contribution in [3.63, 3.8) is 0 Å². The van der Waals surface area contributed by atoms with Gasteiger partial charge in [-0.3, -0.25) is 4.79 Å². The lowest BCUT2D eigenvalue weighted by molar-refractivity contribution is 0.0931. The van der Waals surface area contributed by atoms with Crippen molar-refractivity contribution in [2.75, 3.05) is 0 Å². The first kappa shape index (κ1) is 19.4. The van der Waals surface area contributed by atoms with E-state index < -0.39 is 0 Å². The summed E-state index contributed by atoms with van der Waals surface area (Å²) in [7, 11) is 0. The van der Waals surface area contributed by atoms with Crippen LogP contribution in [0.15, 0.2) is 59.1 Å². The van der Waals surface area contributed by atoms with E-state index in [9.17, 15) is 9.18 Å². The van der Waals surface area contributed by atoms with Gasteiger partial charge in [0.25, 0.3) is 5.91 Å². The normalized spacial score (nSPS) is 15.5. The second kappa shape index (κ2) is 9.03. The van der Waals surface area contributed by atoms with Crippen molar-refractivity contribution in [2.24, 2.45) is 0 Å². The largest absolute Gasteiger partial charge is 0.436 e. The molecule has 29 heavy (non-hydrogen) atoms. The predicted molar refractivity (Wildman–Crippen MR) is 111 cm³/mol. The molecule has 5 heteroatoms. The molecule has 3 aromatic rings. The fraction of sp³-hybridized carbons (Fsp3) is 0.333. The van der Waals surface area contributed by atoms with Crippen LogP contribution < -0.4 is 5.32 Å². The molecule has 1 heterocycles. The van der Waals surface area contributed by atoms with Gasteiger partial charge in [0.15, 0.2) is 5.76 Å². The highest BCUT2D eigenvalue weighted by Crippen LogP contribution is 2.28. The standard InChI is InChI=1S/C24H25FN2O2/c25-18-14-12-17(13-15-18)22-16-26-24(29-22)21-11-7-6-10-20(21)23(28)27-19-8-4-2-1-3-5-9-19/h6-7,10-16,19H,1-5,8-9H2,(H,27,28). The second-order valence-electron chi connectivity index (χ2n) is 7.60. The van der Waals surface area contributed by atoms with Gasteiger partial charge in [0, 0.05) is 17.2 Å². The van der Waals surface area contributed by atoms with Crippen LogP contribution in [0.5, 0.6) is 0 Å². The highest BCUT2D eigenvalue weighted by Gasteiger charge is 2.20. The minimum Gasteiger partial charge on any atom is -0.436 e. The molecule has 1 aliphatic carbocycles. The Balaban J connectivity index is 1.55. The molecule has 1 N–H and O–H groups in total. The third-order valence-electron chi connectivity index (χ3n) is 5.48. The molecule has 0 aliphatic heterocycles. The molecular formula is C24H25FN2O2. The van der Waals surface area contributed by atoms with Gasteiger partial charge in [0.2, 0.25) is 5.89 Å². The molecule has 1 saturated carbocycles. The molecule has 0 atom stereocenters. The predicted octanol–water partition coefficient (Wildman–Crippen LogP) is 5.99. The molecule has 1 aliphatic rings. The average Bonchev–Trinajstić information content (AvgIpc) is 3.20. The highest BCUT2D eigenvalue weighted by molar-refractivity contribution is 6.00. The molecular weight excluding hydrogens is 367 g/mol. The van der Waals surface area contributed by atoms with Crippen molar-refractivity contribution in [3.8, 4) is 22.8 Å². The van der Waals surface area contributed by atoms with Crippen LogP contribution in [0, 0.1) is 5.82 Å². The summed E-state index contributed by atoms with van der Waals surface area (Å²) in [6, 6.07) is 13.6. The summed E-state index contributed by atoms with van der Waals surface area (Å²) < 4.78 is 19.1. The number of carbonyl (C=O) groups is 1. The quantitative estimate of drug-likeness (QED) is 0.593. The van der Waals surface area contributed by atoms with E-state index in [1.807, 2.05) is 18.2 Å². The minimum atomic E-state index is -0.301. The van der Waals surface area contributed by atoms with Gasteiger partial charge in [-0.05, 0) is 49.2 Å². The Bertz CT molecular complexity index is 957. The van der Waals surface area contributed by atoms with Gasteiger partial charge >= 0.3 is 0 Å². The van der Waals surface area contributed by atoms with Crippen molar-refractivity contribution >= 4 is 5.91 Å². The third kappa shape index (κ3) is 4.73. The Morgan fingerprint density at radius 2 is 1.66 bits per heavy atom. The molecule has 0 bridgehead atoms. The topological polar surface area (TPSA) is 55.1 Å². The molecule has 4 nitrogen and oxygen atoms in total. The fourth-order valence-corrected chi connectivity index (χ4v) is 3.88. The number of benzene rings is 2. The lowest BCUT2D eigenvalue weighted by Gasteiger charge is -2.21. The Kier molecular flexibility index (Phi) is 6.03. The number of halogens is 1. The van der Waals surface area contributed by atoms with E-state index in [-0.39, 0.29) is 17.8 Å². The molecule has 4 rings (SSSR count). The van der Waals surface area contributed by atoms with Crippen LogP contribution in [0.4, 0.5) is 4.39 Å². The number of aromatic nitrogens is 1. The first-order valence-corrected chi connectivity index (χ1v) is 10.3. The van der Waals surface area contributed by atoms with Crippen molar-refractivity contribution in [3.05, 3.63) is 66.1 Å². The van der Waals surface area contributed by atoms with Crippen molar-refractivity contribution in [1.29, 1.82) is 0 Å². The maximum absolute atomic E-state index is 13.2. The van der Waals surface area contributed by atoms with Crippen LogP contribution in [-0.4, -0.2) is 16.9 Å². The minimum absolute atomic E-state index is 0.0901. The summed E-state index contributed by atoms with van der Waals surface area (Å²) in [5, 5.41) is 3.21. The number of hydrogen-bond acceptors (Lipinski definition) is 3. The Morgan fingerprint density at radius 1 is 0.966 bits per heavy atom. The number of nitrogens with one attached hydrogen (secondary N) is 1. The van der Waals surface area contributed by atoms with Crippen molar-refractivity contribution in [2.45, 2.75) is 51.0 Å². The van der Waals surface area contributed by atoms with E-state index in [0.29, 0.717) is 22.8 Å². The van der Waals surface area contributed by atoms with Crippen LogP contribution in [0.25, 0.3) is 22.8 Å². The van der Waals surface area contributed by atoms with E-state index in [1.54, 1.807) is 24.4 Å². The number of hydrogen-bond donors (Lipinski definition) is 1. The zero-order valence-electron chi connectivity index (χ0n) is 16.4. The monoisotopic (exact) mass is 392 g/mol. The molecule has 0 spiro atoms. The maximum Gasteiger partial charge on any atom is 0.252 e. The molecule has 0 radical (unpaired) electrons. The van der Waals surface area contributed by atoms with E-state index in [0.717, 1.165) is 31.2 Å². The SMILES string of the molecule is O=C(NC1CCCCCCC1)c1ccccc1-c1ncc(-c2ccc(F)cc2)o1. The molecule has 0 saturated heterocycles. The molecule has 1 aromatic heterocycles. The summed E-state index contributed by atoms with van der Waals surface area (Å²) in [4.78, 5) is 17.4. The lowest BCUT2D eigenvalue weighted by atomic mass is 9.96. The smallest absolute Gasteiger partial charge is 0.252 e. The summed E-state index contributed by atoms with van der Waals surface area (Å²) in [5.41, 5.74) is 1.95. The second-order valence-corrected chi connectivity index (χ2v) is 7.60. The fourth-order valence-electron chi connectivity index (χ4n) is 3.88. The summed E-state index contributed by atoms with van der Waals surface area (Å²) in [6.45, 7) is 0. The van der Waals surface area contributed by atoms with Gasteiger partial charge < -0.3 is 9.73 Å². The molecule has 2 aromatic carbocycles. The van der Waals surface area contributed by atoms with Crippen LogP contribution in [0.2, 0.25) is 0 Å². The molecule has 150 valence electrons. The van der Waals surface area contributed by atoms with Gasteiger partial charge in [0.05, 0.1) is 11.8 Å². The maximum atomic E-state index is 13.2. The van der Waals surface area contributed by atoms with Crippen LogP contribution in [0.1, 0.15) is 55.3 Å². The van der Waals surface area contributed by atoms with Crippen LogP contribution in [0.3, 0.4) is 0 Å². The van der Waals surface area contributed by atoms with E-state index in [2.05, 4.69) is 10.3 Å². The van der Waals surface area contributed by atoms with E-state index in [4.69, 9.17) is 4.42 Å². The Hall–Kier alpha value is -2.95. The lowest BCUT2D eigenvalue weighted by Crippen LogP contribution is -2.35. The van der Waals surface area contributed by atoms with E-state index in [1.165, 1.54) is 31.4 Å². The molecule has 1 fully saturated rings. The number of nitrogens with zero attached hydrogens (tertiary/aromatic N) is 1. The highest BCUT2D eigenvalue weighted by atomic mass is 19.1. The summed E-state index contributed by atoms with van der Waals surface area (Å²) in [5.74, 6) is 0.528. The van der Waals surface area contributed by atoms with Gasteiger partial charge in [-0.1, -0.05) is 44.2 Å². The zero-order valence-corrected chi connectivity index (χ0v) is 16.4. The third-order valence-corrected chi connectivity index (χ3v) is 5.48. The van der Waals surface area contributed by atoms with Gasteiger partial charge in [0.1, 0.15) is 5.82 Å². The van der Waals surface area contributed by atoms with Gasteiger partial charge in [-0.25, -0.2) is 9.37 Å². The first-order valence-electron chi connectivity index (χ1n) is 10.3.